The minimum absolute atomic E-state index is 0.0858. The monoisotopic (exact) mass is 335 g/mol. The van der Waals surface area contributed by atoms with Crippen molar-refractivity contribution in [2.45, 2.75) is 38.1 Å². The van der Waals surface area contributed by atoms with Crippen molar-refractivity contribution in [1.82, 2.24) is 15.2 Å². The van der Waals surface area contributed by atoms with Crippen molar-refractivity contribution in [3.05, 3.63) is 59.7 Å². The van der Waals surface area contributed by atoms with Gasteiger partial charge >= 0.3 is 0 Å². The Kier molecular flexibility index (Phi) is 4.46. The van der Waals surface area contributed by atoms with E-state index in [0.717, 1.165) is 32.2 Å². The highest BCUT2D eigenvalue weighted by Gasteiger charge is 2.27. The lowest BCUT2D eigenvalue weighted by molar-refractivity contribution is 0.0602. The van der Waals surface area contributed by atoms with Crippen molar-refractivity contribution in [2.24, 2.45) is 0 Å². The van der Waals surface area contributed by atoms with Crippen LogP contribution in [-0.2, 0) is 6.42 Å². The van der Waals surface area contributed by atoms with E-state index in [1.807, 2.05) is 17.0 Å². The lowest BCUT2D eigenvalue weighted by Gasteiger charge is -2.36. The van der Waals surface area contributed by atoms with Crippen molar-refractivity contribution in [3.8, 4) is 0 Å². The summed E-state index contributed by atoms with van der Waals surface area (Å²) in [6.45, 7) is 0.827. The zero-order chi connectivity index (χ0) is 17.1. The van der Waals surface area contributed by atoms with Gasteiger partial charge in [0, 0.05) is 18.2 Å². The van der Waals surface area contributed by atoms with Gasteiger partial charge in [0.05, 0.1) is 0 Å². The number of fused-ring (bicyclic) bond motifs is 1. The Labute approximate surface area is 146 Å². The quantitative estimate of drug-likeness (QED) is 0.726. The minimum atomic E-state index is 0.0858. The van der Waals surface area contributed by atoms with Gasteiger partial charge in [-0.05, 0) is 66.2 Å². The lowest BCUT2D eigenvalue weighted by atomic mass is 9.95. The Hall–Kier alpha value is -2.69. The molecule has 1 saturated heterocycles. The highest BCUT2D eigenvalue weighted by molar-refractivity contribution is 5.97. The Balaban J connectivity index is 1.50. The van der Waals surface area contributed by atoms with E-state index < -0.39 is 0 Å². The molecule has 0 radical (unpaired) electrons. The number of likely N-dealkylation sites (tertiary alicyclic amines) is 1. The maximum absolute atomic E-state index is 13.0. The Morgan fingerprint density at radius 3 is 2.80 bits per heavy atom. The smallest absolute Gasteiger partial charge is 0.254 e. The van der Waals surface area contributed by atoms with E-state index in [2.05, 4.69) is 34.6 Å². The predicted octanol–water partition coefficient (Wildman–Crippen LogP) is 3.85. The van der Waals surface area contributed by atoms with Crippen molar-refractivity contribution < 1.29 is 9.42 Å². The number of hydrogen-bond acceptors (Lipinski definition) is 4. The normalized spacial score (nSPS) is 17.8. The van der Waals surface area contributed by atoms with E-state index in [1.54, 1.807) is 12.1 Å². The van der Waals surface area contributed by atoms with Crippen LogP contribution >= 0.6 is 0 Å². The molecule has 1 amide bonds. The van der Waals surface area contributed by atoms with E-state index in [9.17, 15) is 4.79 Å². The topological polar surface area (TPSA) is 59.2 Å². The van der Waals surface area contributed by atoms with Crippen molar-refractivity contribution in [2.75, 3.05) is 6.54 Å². The van der Waals surface area contributed by atoms with Gasteiger partial charge in [-0.25, -0.2) is 4.63 Å². The largest absolute Gasteiger partial charge is 0.336 e. The molecular weight excluding hydrogens is 314 g/mol. The first-order chi connectivity index (χ1) is 12.3. The van der Waals surface area contributed by atoms with E-state index in [1.165, 1.54) is 12.0 Å². The number of nitrogens with zero attached hydrogens (tertiary/aromatic N) is 3. The molecule has 1 fully saturated rings. The van der Waals surface area contributed by atoms with Crippen molar-refractivity contribution >= 4 is 16.9 Å². The Bertz CT molecular complexity index is 860. The molecule has 0 aliphatic carbocycles. The highest BCUT2D eigenvalue weighted by Crippen LogP contribution is 2.24. The molecule has 0 saturated carbocycles. The van der Waals surface area contributed by atoms with Gasteiger partial charge in [0.2, 0.25) is 0 Å². The average Bonchev–Trinajstić information content (AvgIpc) is 3.14. The number of benzene rings is 2. The second-order valence-electron chi connectivity index (χ2n) is 6.64. The van der Waals surface area contributed by atoms with Gasteiger partial charge in [0.15, 0.2) is 0 Å². The standard InChI is InChI=1S/C20H21N3O2/c24-20(16-10-12-18-19(14-16)22-25-21-18)23-13-5-4-8-17(23)11-9-15-6-2-1-3-7-15/h1-3,6-7,10,12,14,17H,4-5,8-9,11,13H2/t17-/m0/s1. The van der Waals surface area contributed by atoms with Crippen LogP contribution in [0.25, 0.3) is 11.0 Å². The first-order valence-corrected chi connectivity index (χ1v) is 8.88. The van der Waals surface area contributed by atoms with Gasteiger partial charge in [-0.2, -0.15) is 0 Å². The fraction of sp³-hybridized carbons (Fsp3) is 0.350. The van der Waals surface area contributed by atoms with Gasteiger partial charge in [0.1, 0.15) is 11.0 Å². The summed E-state index contributed by atoms with van der Waals surface area (Å²) in [6, 6.07) is 16.2. The van der Waals surface area contributed by atoms with Gasteiger partial charge in [-0.1, -0.05) is 30.3 Å². The molecule has 2 heterocycles. The number of rotatable bonds is 4. The van der Waals surface area contributed by atoms with Crippen LogP contribution in [0.4, 0.5) is 0 Å². The summed E-state index contributed by atoms with van der Waals surface area (Å²) in [5.41, 5.74) is 3.30. The zero-order valence-corrected chi connectivity index (χ0v) is 14.1. The molecular formula is C20H21N3O2. The summed E-state index contributed by atoms with van der Waals surface area (Å²) in [7, 11) is 0. The van der Waals surface area contributed by atoms with E-state index >= 15 is 0 Å². The van der Waals surface area contributed by atoms with Crippen molar-refractivity contribution in [1.29, 1.82) is 0 Å². The number of aromatic nitrogens is 2. The highest BCUT2D eigenvalue weighted by atomic mass is 16.6. The molecule has 1 atom stereocenters. The maximum atomic E-state index is 13.0. The lowest BCUT2D eigenvalue weighted by Crippen LogP contribution is -2.44. The summed E-state index contributed by atoms with van der Waals surface area (Å²) in [4.78, 5) is 15.1. The molecule has 1 aliphatic rings. The maximum Gasteiger partial charge on any atom is 0.254 e. The molecule has 1 aromatic heterocycles. The molecule has 3 aromatic rings. The van der Waals surface area contributed by atoms with Crippen LogP contribution in [0.2, 0.25) is 0 Å². The zero-order valence-electron chi connectivity index (χ0n) is 14.1. The summed E-state index contributed by atoms with van der Waals surface area (Å²) in [5.74, 6) is 0.0858. The van der Waals surface area contributed by atoms with Crippen LogP contribution in [0, 0.1) is 0 Å². The number of carbonyl (C=O) groups is 1. The summed E-state index contributed by atoms with van der Waals surface area (Å²) in [6.07, 6.45) is 5.34. The molecule has 1 aliphatic heterocycles. The minimum Gasteiger partial charge on any atom is -0.336 e. The Morgan fingerprint density at radius 2 is 1.92 bits per heavy atom. The third-order valence-electron chi connectivity index (χ3n) is 5.00. The van der Waals surface area contributed by atoms with Crippen LogP contribution < -0.4 is 0 Å². The molecule has 0 spiro atoms. The third-order valence-corrected chi connectivity index (χ3v) is 5.00. The van der Waals surface area contributed by atoms with Crippen molar-refractivity contribution in [3.63, 3.8) is 0 Å². The first kappa shape index (κ1) is 15.8. The number of aryl methyl sites for hydroxylation is 1. The summed E-state index contributed by atoms with van der Waals surface area (Å²) >= 11 is 0. The average molecular weight is 335 g/mol. The number of piperidine rings is 1. The Morgan fingerprint density at radius 1 is 1.08 bits per heavy atom. The molecule has 0 unspecified atom stereocenters. The van der Waals surface area contributed by atoms with Crippen LogP contribution in [-0.4, -0.2) is 33.7 Å². The van der Waals surface area contributed by atoms with E-state index in [-0.39, 0.29) is 5.91 Å². The van der Waals surface area contributed by atoms with Gasteiger partial charge in [-0.15, -0.1) is 0 Å². The fourth-order valence-corrected chi connectivity index (χ4v) is 3.63. The van der Waals surface area contributed by atoms with Crippen LogP contribution in [0.1, 0.15) is 41.6 Å². The molecule has 2 aromatic carbocycles. The number of hydrogen-bond donors (Lipinski definition) is 0. The molecule has 0 bridgehead atoms. The van der Waals surface area contributed by atoms with E-state index in [4.69, 9.17) is 4.63 Å². The third kappa shape index (κ3) is 3.40. The van der Waals surface area contributed by atoms with Gasteiger partial charge < -0.3 is 4.90 Å². The van der Waals surface area contributed by atoms with Gasteiger partial charge in [-0.3, -0.25) is 4.79 Å². The van der Waals surface area contributed by atoms with E-state index in [0.29, 0.717) is 22.6 Å². The molecule has 25 heavy (non-hydrogen) atoms. The van der Waals surface area contributed by atoms with Crippen LogP contribution in [0.5, 0.6) is 0 Å². The fourth-order valence-electron chi connectivity index (χ4n) is 3.63. The number of carbonyl (C=O) groups excluding carboxylic acids is 1. The SMILES string of the molecule is O=C(c1ccc2nonc2c1)N1CCCC[C@H]1CCc1ccccc1. The predicted molar refractivity (Wildman–Crippen MR) is 95.2 cm³/mol. The molecule has 5 nitrogen and oxygen atoms in total. The number of amides is 1. The summed E-state index contributed by atoms with van der Waals surface area (Å²) in [5, 5.41) is 7.64. The second kappa shape index (κ2) is 7.05. The van der Waals surface area contributed by atoms with Gasteiger partial charge in [0.25, 0.3) is 5.91 Å². The van der Waals surface area contributed by atoms with Crippen LogP contribution in [0.15, 0.2) is 53.2 Å². The summed E-state index contributed by atoms with van der Waals surface area (Å²) < 4.78 is 4.73. The molecule has 5 heteroatoms. The second-order valence-corrected chi connectivity index (χ2v) is 6.64. The molecule has 128 valence electrons. The molecule has 0 N–H and O–H groups in total. The van der Waals surface area contributed by atoms with Crippen LogP contribution in [0.3, 0.4) is 0 Å². The molecule has 4 rings (SSSR count). The first-order valence-electron chi connectivity index (χ1n) is 8.88.